The van der Waals surface area contributed by atoms with E-state index in [1.54, 1.807) is 37.3 Å². The molecule has 0 bridgehead atoms. The third-order valence-electron chi connectivity index (χ3n) is 6.43. The van der Waals surface area contributed by atoms with Crippen LogP contribution in [-0.4, -0.2) is 43.0 Å². The fraction of sp³-hybridized carbons (Fsp3) is 0.250. The second kappa shape index (κ2) is 8.68. The summed E-state index contributed by atoms with van der Waals surface area (Å²) in [5.41, 5.74) is 6.41. The van der Waals surface area contributed by atoms with E-state index in [1.165, 1.54) is 0 Å². The number of benzene rings is 2. The molecular weight excluding hydrogens is 424 g/mol. The van der Waals surface area contributed by atoms with E-state index in [4.69, 9.17) is 4.42 Å². The summed E-state index contributed by atoms with van der Waals surface area (Å²) in [6.07, 6.45) is 2.91. The van der Waals surface area contributed by atoms with Gasteiger partial charge < -0.3 is 14.2 Å². The summed E-state index contributed by atoms with van der Waals surface area (Å²) in [5, 5.41) is 9.84. The Balaban J connectivity index is 1.51. The summed E-state index contributed by atoms with van der Waals surface area (Å²) in [6.45, 7) is 4.21. The predicted octanol–water partition coefficient (Wildman–Crippen LogP) is 5.58. The minimum atomic E-state index is -0.0414. The lowest BCUT2D eigenvalue weighted by Gasteiger charge is -2.20. The van der Waals surface area contributed by atoms with E-state index < -0.39 is 0 Å². The average molecular weight is 451 g/mol. The number of amides is 1. The highest BCUT2D eigenvalue weighted by Crippen LogP contribution is 2.36. The molecule has 1 aliphatic heterocycles. The molecule has 2 aromatic heterocycles. The summed E-state index contributed by atoms with van der Waals surface area (Å²) in [6, 6.07) is 19.6. The molecule has 0 unspecified atom stereocenters. The Morgan fingerprint density at radius 1 is 1.12 bits per heavy atom. The van der Waals surface area contributed by atoms with Crippen LogP contribution in [-0.2, 0) is 0 Å². The number of hydrogen-bond donors (Lipinski definition) is 0. The Hall–Kier alpha value is -4.11. The smallest absolute Gasteiger partial charge is 0.253 e. The van der Waals surface area contributed by atoms with Crippen LogP contribution < -0.4 is 4.90 Å². The van der Waals surface area contributed by atoms with Gasteiger partial charge in [-0.05, 0) is 48.2 Å². The van der Waals surface area contributed by atoms with Crippen molar-refractivity contribution in [2.75, 3.05) is 32.1 Å². The van der Waals surface area contributed by atoms with Crippen LogP contribution >= 0.6 is 0 Å². The van der Waals surface area contributed by atoms with Crippen LogP contribution in [0.4, 0.5) is 5.69 Å². The molecule has 0 aliphatic carbocycles. The number of carbonyl (C=O) groups excluding carboxylic acids is 1. The summed E-state index contributed by atoms with van der Waals surface area (Å²) in [7, 11) is 3.47. The molecule has 1 saturated heterocycles. The van der Waals surface area contributed by atoms with Gasteiger partial charge in [0.15, 0.2) is 5.58 Å². The van der Waals surface area contributed by atoms with E-state index in [0.29, 0.717) is 28.4 Å². The molecule has 1 atom stereocenters. The van der Waals surface area contributed by atoms with Crippen molar-refractivity contribution in [1.29, 1.82) is 5.26 Å². The van der Waals surface area contributed by atoms with Crippen LogP contribution in [0.2, 0.25) is 0 Å². The highest BCUT2D eigenvalue weighted by Gasteiger charge is 2.22. The highest BCUT2D eigenvalue weighted by atomic mass is 16.3. The number of carbonyl (C=O) groups is 1. The van der Waals surface area contributed by atoms with Crippen molar-refractivity contribution in [3.05, 3.63) is 71.9 Å². The van der Waals surface area contributed by atoms with E-state index in [1.807, 2.05) is 36.4 Å². The first-order valence-corrected chi connectivity index (χ1v) is 11.4. The van der Waals surface area contributed by atoms with Gasteiger partial charge in [-0.1, -0.05) is 25.1 Å². The molecule has 6 nitrogen and oxygen atoms in total. The number of pyridine rings is 1. The predicted molar refractivity (Wildman–Crippen MR) is 134 cm³/mol. The van der Waals surface area contributed by atoms with Crippen LogP contribution in [0.3, 0.4) is 0 Å². The van der Waals surface area contributed by atoms with Gasteiger partial charge >= 0.3 is 0 Å². The molecule has 34 heavy (non-hydrogen) atoms. The van der Waals surface area contributed by atoms with Gasteiger partial charge in [0.25, 0.3) is 5.91 Å². The number of hydrogen-bond acceptors (Lipinski definition) is 5. The lowest BCUT2D eigenvalue weighted by Crippen LogP contribution is -2.21. The molecule has 4 aromatic rings. The fourth-order valence-electron chi connectivity index (χ4n) is 4.57. The number of nitriles is 1. The molecule has 2 aromatic carbocycles. The third-order valence-corrected chi connectivity index (χ3v) is 6.43. The molecule has 1 aliphatic rings. The van der Waals surface area contributed by atoms with Gasteiger partial charge in [-0.2, -0.15) is 5.26 Å². The van der Waals surface area contributed by atoms with Crippen molar-refractivity contribution in [2.45, 2.75) is 13.3 Å². The van der Waals surface area contributed by atoms with Crippen molar-refractivity contribution in [3.8, 4) is 28.5 Å². The molecular formula is C28H26N4O2. The molecule has 5 rings (SSSR count). The maximum absolute atomic E-state index is 12.2. The van der Waals surface area contributed by atoms with Crippen LogP contribution in [0.5, 0.6) is 0 Å². The van der Waals surface area contributed by atoms with Crippen LogP contribution in [0, 0.1) is 17.2 Å². The zero-order chi connectivity index (χ0) is 23.8. The molecule has 1 amide bonds. The quantitative estimate of drug-likeness (QED) is 0.406. The maximum atomic E-state index is 12.2. The van der Waals surface area contributed by atoms with Gasteiger partial charge in [0.2, 0.25) is 0 Å². The Morgan fingerprint density at radius 2 is 1.88 bits per heavy atom. The highest BCUT2D eigenvalue weighted by molar-refractivity contribution is 5.95. The van der Waals surface area contributed by atoms with Gasteiger partial charge in [-0.25, -0.2) is 0 Å². The maximum Gasteiger partial charge on any atom is 0.253 e. The zero-order valence-corrected chi connectivity index (χ0v) is 19.6. The average Bonchev–Trinajstić information content (AvgIpc) is 3.49. The molecule has 0 spiro atoms. The Labute approximate surface area is 199 Å². The first kappa shape index (κ1) is 21.7. The second-order valence-electron chi connectivity index (χ2n) is 9.14. The van der Waals surface area contributed by atoms with E-state index >= 15 is 0 Å². The molecule has 0 radical (unpaired) electrons. The third kappa shape index (κ3) is 3.90. The second-order valence-corrected chi connectivity index (χ2v) is 9.14. The monoisotopic (exact) mass is 450 g/mol. The van der Waals surface area contributed by atoms with Crippen molar-refractivity contribution in [3.63, 3.8) is 0 Å². The summed E-state index contributed by atoms with van der Waals surface area (Å²) in [4.78, 5) is 20.5. The van der Waals surface area contributed by atoms with Crippen molar-refractivity contribution < 1.29 is 9.21 Å². The first-order valence-electron chi connectivity index (χ1n) is 11.4. The van der Waals surface area contributed by atoms with Gasteiger partial charge in [0, 0.05) is 56.1 Å². The van der Waals surface area contributed by atoms with Crippen LogP contribution in [0.15, 0.2) is 65.2 Å². The number of fused-ring (bicyclic) bond motifs is 1. The van der Waals surface area contributed by atoms with Gasteiger partial charge in [-0.3, -0.25) is 9.78 Å². The first-order chi connectivity index (χ1) is 16.4. The molecule has 0 N–H and O–H groups in total. The standard InChI is InChI=1S/C28H26N4O2/c1-18-11-13-32(17-18)25-9-8-21(14-22(25)16-29)23-10-12-30-24-15-26(34-27(23)24)19-4-6-20(7-5-19)28(33)31(2)3/h4-10,12,14-15,18H,11,13,17H2,1-3H3/t18-/m1/s1. The van der Waals surface area contributed by atoms with E-state index in [9.17, 15) is 10.1 Å². The summed E-state index contributed by atoms with van der Waals surface area (Å²) < 4.78 is 6.25. The largest absolute Gasteiger partial charge is 0.454 e. The molecule has 0 saturated carbocycles. The number of anilines is 1. The van der Waals surface area contributed by atoms with Gasteiger partial charge in [0.1, 0.15) is 17.3 Å². The Bertz CT molecular complexity index is 1410. The number of nitrogens with zero attached hydrogens (tertiary/aromatic N) is 4. The molecule has 6 heteroatoms. The van der Waals surface area contributed by atoms with Crippen LogP contribution in [0.25, 0.3) is 33.6 Å². The van der Waals surface area contributed by atoms with Crippen molar-refractivity contribution in [2.24, 2.45) is 5.92 Å². The normalized spacial score (nSPS) is 15.5. The van der Waals surface area contributed by atoms with E-state index in [0.717, 1.165) is 47.4 Å². The fourth-order valence-corrected chi connectivity index (χ4v) is 4.57. The Morgan fingerprint density at radius 3 is 2.56 bits per heavy atom. The number of aromatic nitrogens is 1. The molecule has 3 heterocycles. The van der Waals surface area contributed by atoms with Gasteiger partial charge in [-0.15, -0.1) is 0 Å². The lowest BCUT2D eigenvalue weighted by atomic mass is 10.0. The lowest BCUT2D eigenvalue weighted by molar-refractivity contribution is 0.0827. The zero-order valence-electron chi connectivity index (χ0n) is 19.6. The van der Waals surface area contributed by atoms with E-state index in [2.05, 4.69) is 28.9 Å². The van der Waals surface area contributed by atoms with Crippen LogP contribution in [0.1, 0.15) is 29.3 Å². The minimum absolute atomic E-state index is 0.0414. The molecule has 170 valence electrons. The minimum Gasteiger partial charge on any atom is -0.454 e. The Kier molecular flexibility index (Phi) is 5.54. The topological polar surface area (TPSA) is 73.4 Å². The summed E-state index contributed by atoms with van der Waals surface area (Å²) in [5.74, 6) is 1.28. The SMILES string of the molecule is C[C@@H]1CCN(c2ccc(-c3ccnc4cc(-c5ccc(C(=O)N(C)C)cc5)oc34)cc2C#N)C1. The van der Waals surface area contributed by atoms with E-state index in [-0.39, 0.29) is 5.91 Å². The van der Waals surface area contributed by atoms with Gasteiger partial charge in [0.05, 0.1) is 11.3 Å². The van der Waals surface area contributed by atoms with Crippen molar-refractivity contribution in [1.82, 2.24) is 9.88 Å². The molecule has 1 fully saturated rings. The number of furan rings is 1. The summed E-state index contributed by atoms with van der Waals surface area (Å²) >= 11 is 0. The number of rotatable bonds is 4. The van der Waals surface area contributed by atoms with Crippen molar-refractivity contribution >= 4 is 22.7 Å².